The minimum Gasteiger partial charge on any atom is -0.393 e. The normalized spacial score (nSPS) is 22.6. The highest BCUT2D eigenvalue weighted by Gasteiger charge is 2.32. The number of nitro benzene ring substituents is 1. The monoisotopic (exact) mass is 279 g/mol. The SMILES string of the molecule is CC1CN(C(=O)c2cccc(N)c2[N+](=O)[O-])C(C)CO1. The number of nitro groups is 1. The molecule has 1 aliphatic rings. The van der Waals surface area contributed by atoms with Crippen LogP contribution in [0.4, 0.5) is 11.4 Å². The van der Waals surface area contributed by atoms with E-state index in [2.05, 4.69) is 0 Å². The van der Waals surface area contributed by atoms with E-state index in [4.69, 9.17) is 10.5 Å². The summed E-state index contributed by atoms with van der Waals surface area (Å²) in [6.45, 7) is 4.54. The minimum atomic E-state index is -0.614. The highest BCUT2D eigenvalue weighted by Crippen LogP contribution is 2.28. The van der Waals surface area contributed by atoms with E-state index in [1.807, 2.05) is 13.8 Å². The fourth-order valence-electron chi connectivity index (χ4n) is 2.28. The summed E-state index contributed by atoms with van der Waals surface area (Å²) in [5.74, 6) is -0.383. The molecule has 1 saturated heterocycles. The zero-order valence-corrected chi connectivity index (χ0v) is 11.4. The van der Waals surface area contributed by atoms with E-state index in [0.717, 1.165) is 0 Å². The summed E-state index contributed by atoms with van der Waals surface area (Å²) in [6, 6.07) is 4.27. The number of benzene rings is 1. The van der Waals surface area contributed by atoms with Crippen molar-refractivity contribution in [3.63, 3.8) is 0 Å². The van der Waals surface area contributed by atoms with Crippen molar-refractivity contribution in [2.45, 2.75) is 26.0 Å². The first-order valence-electron chi connectivity index (χ1n) is 6.37. The van der Waals surface area contributed by atoms with Gasteiger partial charge in [0.25, 0.3) is 5.91 Å². The maximum absolute atomic E-state index is 12.5. The Morgan fingerprint density at radius 2 is 2.20 bits per heavy atom. The van der Waals surface area contributed by atoms with Gasteiger partial charge in [-0.1, -0.05) is 6.07 Å². The van der Waals surface area contributed by atoms with Crippen molar-refractivity contribution in [3.05, 3.63) is 33.9 Å². The molecular formula is C13H17N3O4. The smallest absolute Gasteiger partial charge is 0.304 e. The fourth-order valence-corrected chi connectivity index (χ4v) is 2.28. The Bertz CT molecular complexity index is 546. The summed E-state index contributed by atoms with van der Waals surface area (Å²) < 4.78 is 5.46. The van der Waals surface area contributed by atoms with E-state index in [0.29, 0.717) is 13.2 Å². The summed E-state index contributed by atoms with van der Waals surface area (Å²) in [6.07, 6.45) is -0.0877. The summed E-state index contributed by atoms with van der Waals surface area (Å²) in [5, 5.41) is 11.1. The van der Waals surface area contributed by atoms with Crippen LogP contribution in [0.1, 0.15) is 24.2 Å². The molecule has 2 rings (SSSR count). The van der Waals surface area contributed by atoms with Crippen molar-refractivity contribution < 1.29 is 14.5 Å². The molecule has 1 aromatic rings. The number of carbonyl (C=O) groups excluding carboxylic acids is 1. The molecule has 0 radical (unpaired) electrons. The highest BCUT2D eigenvalue weighted by atomic mass is 16.6. The van der Waals surface area contributed by atoms with Gasteiger partial charge in [0.2, 0.25) is 0 Å². The number of para-hydroxylation sites is 1. The van der Waals surface area contributed by atoms with Crippen molar-refractivity contribution in [1.82, 2.24) is 4.90 Å². The summed E-state index contributed by atoms with van der Waals surface area (Å²) >= 11 is 0. The zero-order chi connectivity index (χ0) is 14.9. The number of nitrogens with two attached hydrogens (primary N) is 1. The predicted octanol–water partition coefficient (Wildman–Crippen LogP) is 1.43. The van der Waals surface area contributed by atoms with Gasteiger partial charge in [-0.3, -0.25) is 14.9 Å². The van der Waals surface area contributed by atoms with E-state index >= 15 is 0 Å². The molecule has 1 amide bonds. The number of carbonyl (C=O) groups is 1. The van der Waals surface area contributed by atoms with E-state index in [9.17, 15) is 14.9 Å². The standard InChI is InChI=1S/C13H17N3O4/c1-8-7-20-9(2)6-15(8)13(17)10-4-3-5-11(14)12(10)16(18)19/h3-5,8-9H,6-7,14H2,1-2H3. The Morgan fingerprint density at radius 3 is 2.85 bits per heavy atom. The number of ether oxygens (including phenoxy) is 1. The minimum absolute atomic E-state index is 0.00480. The van der Waals surface area contributed by atoms with E-state index in [1.165, 1.54) is 12.1 Å². The number of hydrogen-bond donors (Lipinski definition) is 1. The lowest BCUT2D eigenvalue weighted by atomic mass is 10.1. The van der Waals surface area contributed by atoms with Crippen LogP contribution in [0.15, 0.2) is 18.2 Å². The first-order valence-corrected chi connectivity index (χ1v) is 6.37. The predicted molar refractivity (Wildman–Crippen MR) is 73.4 cm³/mol. The lowest BCUT2D eigenvalue weighted by molar-refractivity contribution is -0.384. The molecule has 0 aliphatic carbocycles. The zero-order valence-electron chi connectivity index (χ0n) is 11.4. The molecule has 2 atom stereocenters. The molecule has 1 fully saturated rings. The quantitative estimate of drug-likeness (QED) is 0.501. The Morgan fingerprint density at radius 1 is 1.50 bits per heavy atom. The van der Waals surface area contributed by atoms with Crippen LogP contribution in [-0.4, -0.2) is 41.0 Å². The molecule has 1 aliphatic heterocycles. The molecule has 0 spiro atoms. The molecule has 0 aromatic heterocycles. The summed E-state index contributed by atoms with van der Waals surface area (Å²) in [5.41, 5.74) is 5.30. The number of amides is 1. The fraction of sp³-hybridized carbons (Fsp3) is 0.462. The maximum atomic E-state index is 12.5. The largest absolute Gasteiger partial charge is 0.393 e. The first kappa shape index (κ1) is 14.3. The van der Waals surface area contributed by atoms with Crippen LogP contribution in [0.3, 0.4) is 0 Å². The lowest BCUT2D eigenvalue weighted by Crippen LogP contribution is -2.50. The van der Waals surface area contributed by atoms with Crippen molar-refractivity contribution in [2.24, 2.45) is 0 Å². The molecule has 0 saturated carbocycles. The third-order valence-electron chi connectivity index (χ3n) is 3.35. The van der Waals surface area contributed by atoms with Crippen molar-refractivity contribution in [1.29, 1.82) is 0 Å². The van der Waals surface area contributed by atoms with Gasteiger partial charge in [0, 0.05) is 6.54 Å². The Balaban J connectivity index is 2.38. The van der Waals surface area contributed by atoms with Gasteiger partial charge in [-0.2, -0.15) is 0 Å². The van der Waals surface area contributed by atoms with Crippen LogP contribution in [0, 0.1) is 10.1 Å². The Kier molecular flexibility index (Phi) is 3.89. The molecule has 108 valence electrons. The second-order valence-electron chi connectivity index (χ2n) is 4.95. The van der Waals surface area contributed by atoms with Crippen LogP contribution in [0.25, 0.3) is 0 Å². The number of anilines is 1. The molecule has 2 unspecified atom stereocenters. The van der Waals surface area contributed by atoms with Crippen LogP contribution in [-0.2, 0) is 4.74 Å². The van der Waals surface area contributed by atoms with Crippen LogP contribution >= 0.6 is 0 Å². The van der Waals surface area contributed by atoms with Crippen molar-refractivity contribution >= 4 is 17.3 Å². The Hall–Kier alpha value is -2.15. The van der Waals surface area contributed by atoms with E-state index in [1.54, 1.807) is 11.0 Å². The third kappa shape index (κ3) is 2.57. The van der Waals surface area contributed by atoms with Gasteiger partial charge in [-0.05, 0) is 26.0 Å². The molecule has 7 nitrogen and oxygen atoms in total. The number of rotatable bonds is 2. The molecule has 2 N–H and O–H groups in total. The topological polar surface area (TPSA) is 98.7 Å². The van der Waals surface area contributed by atoms with Crippen LogP contribution in [0.5, 0.6) is 0 Å². The van der Waals surface area contributed by atoms with Gasteiger partial charge in [-0.25, -0.2) is 0 Å². The molecule has 20 heavy (non-hydrogen) atoms. The summed E-state index contributed by atoms with van der Waals surface area (Å²) in [4.78, 5) is 24.6. The van der Waals surface area contributed by atoms with Crippen LogP contribution < -0.4 is 5.73 Å². The van der Waals surface area contributed by atoms with Gasteiger partial charge in [-0.15, -0.1) is 0 Å². The Labute approximate surface area is 116 Å². The second kappa shape index (κ2) is 5.46. The molecule has 1 heterocycles. The lowest BCUT2D eigenvalue weighted by Gasteiger charge is -2.36. The first-order chi connectivity index (χ1) is 9.41. The highest BCUT2D eigenvalue weighted by molar-refractivity contribution is 6.00. The van der Waals surface area contributed by atoms with Gasteiger partial charge in [0.1, 0.15) is 11.3 Å². The number of nitrogens with zero attached hydrogens (tertiary/aromatic N) is 2. The summed E-state index contributed by atoms with van der Waals surface area (Å²) in [7, 11) is 0. The van der Waals surface area contributed by atoms with E-state index < -0.39 is 4.92 Å². The second-order valence-corrected chi connectivity index (χ2v) is 4.95. The van der Waals surface area contributed by atoms with Gasteiger partial charge in [0.15, 0.2) is 0 Å². The van der Waals surface area contributed by atoms with Crippen LogP contribution in [0.2, 0.25) is 0 Å². The number of hydrogen-bond acceptors (Lipinski definition) is 5. The van der Waals surface area contributed by atoms with Crippen molar-refractivity contribution in [3.8, 4) is 0 Å². The third-order valence-corrected chi connectivity index (χ3v) is 3.35. The molecule has 0 bridgehead atoms. The number of nitrogen functional groups attached to an aromatic ring is 1. The van der Waals surface area contributed by atoms with Gasteiger partial charge in [0.05, 0.1) is 23.7 Å². The average Bonchev–Trinajstić information content (AvgIpc) is 2.40. The van der Waals surface area contributed by atoms with Crippen molar-refractivity contribution in [2.75, 3.05) is 18.9 Å². The van der Waals surface area contributed by atoms with Gasteiger partial charge >= 0.3 is 5.69 Å². The molecule has 1 aromatic carbocycles. The number of morpholine rings is 1. The molecular weight excluding hydrogens is 262 g/mol. The van der Waals surface area contributed by atoms with Gasteiger partial charge < -0.3 is 15.4 Å². The molecule has 7 heteroatoms. The van der Waals surface area contributed by atoms with E-state index in [-0.39, 0.29) is 35.0 Å². The average molecular weight is 279 g/mol. The maximum Gasteiger partial charge on any atom is 0.304 e.